The van der Waals surface area contributed by atoms with Crippen LogP contribution in [0.4, 0.5) is 4.79 Å². The Balaban J connectivity index is 1.61. The predicted octanol–water partition coefficient (Wildman–Crippen LogP) is 2.51. The first kappa shape index (κ1) is 24.5. The van der Waals surface area contributed by atoms with Gasteiger partial charge in [0.1, 0.15) is 17.9 Å². The number of carbonyl (C=O) groups is 3. The molecule has 2 N–H and O–H groups in total. The number of alkyl carbamates (subject to hydrolysis) is 1. The SMILES string of the molecule is COc1ccc(CCC(=O)NCC2CCN(C(=O)CNC(=O)OC(C)(C)C)CC2)cc1. The van der Waals surface area contributed by atoms with Crippen molar-refractivity contribution in [2.24, 2.45) is 5.92 Å². The number of nitrogens with zero attached hydrogens (tertiary/aromatic N) is 1. The number of likely N-dealkylation sites (tertiary alicyclic amines) is 1. The van der Waals surface area contributed by atoms with Crippen LogP contribution in [-0.2, 0) is 20.7 Å². The zero-order valence-corrected chi connectivity index (χ0v) is 19.0. The normalized spacial score (nSPS) is 14.6. The second-order valence-electron chi connectivity index (χ2n) is 8.83. The van der Waals surface area contributed by atoms with Gasteiger partial charge in [-0.1, -0.05) is 12.1 Å². The third-order valence-electron chi connectivity index (χ3n) is 5.14. The van der Waals surface area contributed by atoms with Crippen molar-refractivity contribution in [2.75, 3.05) is 33.3 Å². The van der Waals surface area contributed by atoms with E-state index in [0.29, 0.717) is 38.4 Å². The first-order valence-electron chi connectivity index (χ1n) is 10.8. The van der Waals surface area contributed by atoms with E-state index in [0.717, 1.165) is 24.2 Å². The number of methoxy groups -OCH3 is 1. The van der Waals surface area contributed by atoms with E-state index in [1.54, 1.807) is 32.8 Å². The molecule has 8 nitrogen and oxygen atoms in total. The third-order valence-corrected chi connectivity index (χ3v) is 5.14. The largest absolute Gasteiger partial charge is 0.497 e. The number of benzene rings is 1. The molecule has 1 aromatic carbocycles. The zero-order chi connectivity index (χ0) is 22.9. The highest BCUT2D eigenvalue weighted by atomic mass is 16.6. The maximum atomic E-state index is 12.3. The molecule has 1 aliphatic heterocycles. The molecule has 0 atom stereocenters. The Kier molecular flexibility index (Phi) is 9.15. The van der Waals surface area contributed by atoms with Gasteiger partial charge in [-0.05, 0) is 63.6 Å². The molecule has 172 valence electrons. The molecule has 31 heavy (non-hydrogen) atoms. The highest BCUT2D eigenvalue weighted by Crippen LogP contribution is 2.17. The van der Waals surface area contributed by atoms with Gasteiger partial charge in [-0.15, -0.1) is 0 Å². The van der Waals surface area contributed by atoms with Crippen molar-refractivity contribution in [2.45, 2.75) is 52.1 Å². The summed E-state index contributed by atoms with van der Waals surface area (Å²) in [4.78, 5) is 37.8. The Bertz CT molecular complexity index is 735. The van der Waals surface area contributed by atoms with Crippen LogP contribution >= 0.6 is 0 Å². The Morgan fingerprint density at radius 1 is 1.06 bits per heavy atom. The van der Waals surface area contributed by atoms with Crippen molar-refractivity contribution < 1.29 is 23.9 Å². The smallest absolute Gasteiger partial charge is 0.408 e. The molecular weight excluding hydrogens is 398 g/mol. The van der Waals surface area contributed by atoms with Crippen molar-refractivity contribution in [3.63, 3.8) is 0 Å². The lowest BCUT2D eigenvalue weighted by molar-refractivity contribution is -0.131. The summed E-state index contributed by atoms with van der Waals surface area (Å²) in [5.41, 5.74) is 0.507. The summed E-state index contributed by atoms with van der Waals surface area (Å²) in [7, 11) is 1.63. The maximum Gasteiger partial charge on any atom is 0.408 e. The van der Waals surface area contributed by atoms with E-state index in [4.69, 9.17) is 9.47 Å². The van der Waals surface area contributed by atoms with Crippen molar-refractivity contribution in [1.29, 1.82) is 0 Å². The molecule has 2 rings (SSSR count). The number of nitrogens with one attached hydrogen (secondary N) is 2. The molecule has 3 amide bonds. The second kappa shape index (κ2) is 11.6. The minimum atomic E-state index is -0.593. The van der Waals surface area contributed by atoms with Crippen LogP contribution < -0.4 is 15.4 Å². The number of piperidine rings is 1. The minimum absolute atomic E-state index is 0.0379. The fourth-order valence-electron chi connectivity index (χ4n) is 3.36. The fraction of sp³-hybridized carbons (Fsp3) is 0.609. The molecule has 1 aliphatic rings. The number of ether oxygens (including phenoxy) is 2. The zero-order valence-electron chi connectivity index (χ0n) is 19.0. The van der Waals surface area contributed by atoms with Gasteiger partial charge in [-0.2, -0.15) is 0 Å². The van der Waals surface area contributed by atoms with Gasteiger partial charge >= 0.3 is 6.09 Å². The lowest BCUT2D eigenvalue weighted by Gasteiger charge is -2.32. The Labute approximate surface area is 184 Å². The number of aryl methyl sites for hydroxylation is 1. The number of hydrogen-bond donors (Lipinski definition) is 2. The van der Waals surface area contributed by atoms with E-state index >= 15 is 0 Å². The highest BCUT2D eigenvalue weighted by Gasteiger charge is 2.24. The Hall–Kier alpha value is -2.77. The molecule has 0 aliphatic carbocycles. The first-order valence-corrected chi connectivity index (χ1v) is 10.8. The Morgan fingerprint density at radius 3 is 2.29 bits per heavy atom. The van der Waals surface area contributed by atoms with E-state index in [9.17, 15) is 14.4 Å². The molecule has 1 saturated heterocycles. The summed E-state index contributed by atoms with van der Waals surface area (Å²) < 4.78 is 10.3. The van der Waals surface area contributed by atoms with Crippen LogP contribution in [0.1, 0.15) is 45.6 Å². The minimum Gasteiger partial charge on any atom is -0.497 e. The van der Waals surface area contributed by atoms with Gasteiger partial charge < -0.3 is 25.0 Å². The molecule has 0 unspecified atom stereocenters. The van der Waals surface area contributed by atoms with Crippen LogP contribution in [0.5, 0.6) is 5.75 Å². The predicted molar refractivity (Wildman–Crippen MR) is 118 cm³/mol. The van der Waals surface area contributed by atoms with Crippen LogP contribution in [0.3, 0.4) is 0 Å². The molecule has 1 heterocycles. The van der Waals surface area contributed by atoms with Crippen LogP contribution in [0.2, 0.25) is 0 Å². The van der Waals surface area contributed by atoms with Gasteiger partial charge in [0.25, 0.3) is 0 Å². The quantitative estimate of drug-likeness (QED) is 0.657. The van der Waals surface area contributed by atoms with E-state index in [-0.39, 0.29) is 18.4 Å². The molecule has 1 aromatic rings. The number of carbonyl (C=O) groups excluding carboxylic acids is 3. The summed E-state index contributed by atoms with van der Waals surface area (Å²) in [6, 6.07) is 7.73. The lowest BCUT2D eigenvalue weighted by Crippen LogP contribution is -2.46. The van der Waals surface area contributed by atoms with Gasteiger partial charge in [0, 0.05) is 26.1 Å². The summed E-state index contributed by atoms with van der Waals surface area (Å²) in [6.07, 6.45) is 2.20. The molecular formula is C23H35N3O5. The average Bonchev–Trinajstić information content (AvgIpc) is 2.74. The number of amides is 3. The molecule has 0 aromatic heterocycles. The molecule has 1 fully saturated rings. The van der Waals surface area contributed by atoms with Gasteiger partial charge in [-0.3, -0.25) is 9.59 Å². The van der Waals surface area contributed by atoms with Gasteiger partial charge in [0.05, 0.1) is 7.11 Å². The highest BCUT2D eigenvalue weighted by molar-refractivity contribution is 5.82. The average molecular weight is 434 g/mol. The van der Waals surface area contributed by atoms with E-state index in [1.807, 2.05) is 24.3 Å². The molecule has 0 bridgehead atoms. The first-order chi connectivity index (χ1) is 14.7. The van der Waals surface area contributed by atoms with Crippen LogP contribution in [0.25, 0.3) is 0 Å². The number of hydrogen-bond acceptors (Lipinski definition) is 5. The summed E-state index contributed by atoms with van der Waals surface area (Å²) in [6.45, 7) is 7.13. The monoisotopic (exact) mass is 433 g/mol. The summed E-state index contributed by atoms with van der Waals surface area (Å²) >= 11 is 0. The molecule has 8 heteroatoms. The van der Waals surface area contributed by atoms with E-state index < -0.39 is 11.7 Å². The molecule has 0 radical (unpaired) electrons. The van der Waals surface area contributed by atoms with Gasteiger partial charge in [0.2, 0.25) is 11.8 Å². The maximum absolute atomic E-state index is 12.3. The van der Waals surface area contributed by atoms with E-state index in [2.05, 4.69) is 10.6 Å². The number of rotatable bonds is 8. The van der Waals surface area contributed by atoms with E-state index in [1.165, 1.54) is 0 Å². The summed E-state index contributed by atoms with van der Waals surface area (Å²) in [5.74, 6) is 1.08. The van der Waals surface area contributed by atoms with Crippen LogP contribution in [0, 0.1) is 5.92 Å². The van der Waals surface area contributed by atoms with Crippen molar-refractivity contribution in [1.82, 2.24) is 15.5 Å². The fourth-order valence-corrected chi connectivity index (χ4v) is 3.36. The third kappa shape index (κ3) is 9.27. The second-order valence-corrected chi connectivity index (χ2v) is 8.83. The van der Waals surface area contributed by atoms with Crippen molar-refractivity contribution in [3.8, 4) is 5.75 Å². The molecule has 0 spiro atoms. The van der Waals surface area contributed by atoms with Crippen LogP contribution in [-0.4, -0.2) is 61.7 Å². The summed E-state index contributed by atoms with van der Waals surface area (Å²) in [5, 5.41) is 5.52. The molecule has 0 saturated carbocycles. The topological polar surface area (TPSA) is 97.0 Å². The van der Waals surface area contributed by atoms with Gasteiger partial charge in [-0.25, -0.2) is 4.79 Å². The Morgan fingerprint density at radius 2 is 1.71 bits per heavy atom. The van der Waals surface area contributed by atoms with Crippen molar-refractivity contribution >= 4 is 17.9 Å². The lowest BCUT2D eigenvalue weighted by atomic mass is 9.96. The van der Waals surface area contributed by atoms with Crippen molar-refractivity contribution in [3.05, 3.63) is 29.8 Å². The van der Waals surface area contributed by atoms with Gasteiger partial charge in [0.15, 0.2) is 0 Å². The standard InChI is InChI=1S/C23H35N3O5/c1-23(2,3)31-22(29)25-16-21(28)26-13-11-18(12-14-26)15-24-20(27)10-7-17-5-8-19(30-4)9-6-17/h5-6,8-9,18H,7,10-16H2,1-4H3,(H,24,27)(H,25,29). The van der Waals surface area contributed by atoms with Crippen LogP contribution in [0.15, 0.2) is 24.3 Å².